The molecular weight excluding hydrogens is 358 g/mol. The molecule has 3 heterocycles. The van der Waals surface area contributed by atoms with E-state index in [9.17, 15) is 9.59 Å². The fourth-order valence-corrected chi connectivity index (χ4v) is 4.49. The van der Waals surface area contributed by atoms with Gasteiger partial charge in [0.25, 0.3) is 5.91 Å². The Morgan fingerprint density at radius 2 is 1.81 bits per heavy atom. The summed E-state index contributed by atoms with van der Waals surface area (Å²) >= 11 is 1.62. The highest BCUT2D eigenvalue weighted by Gasteiger charge is 2.22. The fraction of sp³-hybridized carbons (Fsp3) is 0.238. The van der Waals surface area contributed by atoms with Gasteiger partial charge in [-0.15, -0.1) is 11.3 Å². The Labute approximate surface area is 162 Å². The van der Waals surface area contributed by atoms with Crippen LogP contribution in [0.5, 0.6) is 0 Å². The van der Waals surface area contributed by atoms with Crippen molar-refractivity contribution in [2.75, 3.05) is 16.8 Å². The molecule has 2 aromatic heterocycles. The zero-order chi connectivity index (χ0) is 19.0. The second-order valence-electron chi connectivity index (χ2n) is 6.70. The normalized spacial score (nSPS) is 14.0. The second kappa shape index (κ2) is 7.04. The van der Waals surface area contributed by atoms with Gasteiger partial charge in [-0.1, -0.05) is 0 Å². The Kier molecular flexibility index (Phi) is 4.58. The average molecular weight is 379 g/mol. The first-order chi connectivity index (χ1) is 13.0. The molecule has 1 saturated heterocycles. The molecule has 1 fully saturated rings. The molecule has 6 heteroatoms. The van der Waals surface area contributed by atoms with Crippen LogP contribution in [0.1, 0.15) is 33.6 Å². The highest BCUT2D eigenvalue weighted by atomic mass is 32.1. The summed E-state index contributed by atoms with van der Waals surface area (Å²) in [5.74, 6) is 0.0399. The maximum atomic E-state index is 13.0. The molecule has 0 bridgehead atoms. The number of benzene rings is 1. The minimum atomic E-state index is -0.120. The molecule has 4 rings (SSSR count). The van der Waals surface area contributed by atoms with Gasteiger partial charge in [0.05, 0.1) is 5.56 Å². The summed E-state index contributed by atoms with van der Waals surface area (Å²) in [4.78, 5) is 27.8. The van der Waals surface area contributed by atoms with E-state index in [0.29, 0.717) is 12.0 Å². The third kappa shape index (κ3) is 3.28. The molecule has 1 N–H and O–H groups in total. The van der Waals surface area contributed by atoms with E-state index >= 15 is 0 Å². The minimum Gasteiger partial charge on any atom is -0.322 e. The number of hydrogen-bond donors (Lipinski definition) is 1. The van der Waals surface area contributed by atoms with Crippen LogP contribution in [0.3, 0.4) is 0 Å². The predicted molar refractivity (Wildman–Crippen MR) is 109 cm³/mol. The van der Waals surface area contributed by atoms with Crippen LogP contribution < -0.4 is 10.2 Å². The van der Waals surface area contributed by atoms with Crippen molar-refractivity contribution in [3.05, 3.63) is 64.8 Å². The van der Waals surface area contributed by atoms with E-state index < -0.39 is 0 Å². The first-order valence-electron chi connectivity index (χ1n) is 8.99. The van der Waals surface area contributed by atoms with Crippen molar-refractivity contribution in [3.8, 4) is 5.00 Å². The zero-order valence-electron chi connectivity index (χ0n) is 15.4. The van der Waals surface area contributed by atoms with Crippen molar-refractivity contribution in [2.24, 2.45) is 0 Å². The molecule has 0 aliphatic carbocycles. The van der Waals surface area contributed by atoms with Crippen molar-refractivity contribution in [1.82, 2.24) is 4.57 Å². The number of thiophene rings is 1. The molecular formula is C21H21N3O2S. The minimum absolute atomic E-state index is 0.120. The topological polar surface area (TPSA) is 54.3 Å². The number of amides is 2. The first kappa shape index (κ1) is 17.5. The molecule has 0 radical (unpaired) electrons. The molecule has 0 spiro atoms. The number of nitrogens with one attached hydrogen (secondary N) is 1. The van der Waals surface area contributed by atoms with Crippen LogP contribution in [0.15, 0.2) is 48.8 Å². The SMILES string of the molecule is Cc1sc(-n2cccc2)c(C(=O)Nc2ccc(N3CCCC3=O)cc2)c1C. The van der Waals surface area contributed by atoms with Gasteiger partial charge in [-0.25, -0.2) is 0 Å². The number of carbonyl (C=O) groups is 2. The zero-order valence-corrected chi connectivity index (χ0v) is 16.2. The molecule has 0 unspecified atom stereocenters. The van der Waals surface area contributed by atoms with Gasteiger partial charge in [0, 0.05) is 41.6 Å². The van der Waals surface area contributed by atoms with Gasteiger partial charge in [0.15, 0.2) is 0 Å². The number of nitrogens with zero attached hydrogens (tertiary/aromatic N) is 2. The first-order valence-corrected chi connectivity index (χ1v) is 9.81. The third-order valence-electron chi connectivity index (χ3n) is 4.94. The number of aromatic nitrogens is 1. The fourth-order valence-electron chi connectivity index (χ4n) is 3.37. The number of carbonyl (C=O) groups excluding carboxylic acids is 2. The molecule has 0 saturated carbocycles. The maximum Gasteiger partial charge on any atom is 0.258 e. The Morgan fingerprint density at radius 3 is 2.44 bits per heavy atom. The maximum absolute atomic E-state index is 13.0. The quantitative estimate of drug-likeness (QED) is 0.724. The van der Waals surface area contributed by atoms with Crippen molar-refractivity contribution in [3.63, 3.8) is 0 Å². The molecule has 1 aromatic carbocycles. The molecule has 5 nitrogen and oxygen atoms in total. The summed E-state index contributed by atoms with van der Waals surface area (Å²) in [5, 5.41) is 3.92. The van der Waals surface area contributed by atoms with Gasteiger partial charge in [0.1, 0.15) is 5.00 Å². The van der Waals surface area contributed by atoms with E-state index in [1.807, 2.05) is 67.2 Å². The Balaban J connectivity index is 1.57. The van der Waals surface area contributed by atoms with Crippen LogP contribution in [0.4, 0.5) is 11.4 Å². The lowest BCUT2D eigenvalue weighted by atomic mass is 10.1. The molecule has 3 aromatic rings. The van der Waals surface area contributed by atoms with E-state index in [4.69, 9.17) is 0 Å². The summed E-state index contributed by atoms with van der Waals surface area (Å²) in [7, 11) is 0. The van der Waals surface area contributed by atoms with Crippen LogP contribution in [-0.2, 0) is 4.79 Å². The Bertz CT molecular complexity index is 987. The van der Waals surface area contributed by atoms with Gasteiger partial charge >= 0.3 is 0 Å². The van der Waals surface area contributed by atoms with E-state index in [0.717, 1.165) is 39.8 Å². The van der Waals surface area contributed by atoms with Gasteiger partial charge < -0.3 is 14.8 Å². The molecule has 1 aliphatic heterocycles. The predicted octanol–water partition coefficient (Wildman–Crippen LogP) is 4.53. The van der Waals surface area contributed by atoms with Crippen LogP contribution in [0.2, 0.25) is 0 Å². The van der Waals surface area contributed by atoms with Crippen LogP contribution in [-0.4, -0.2) is 22.9 Å². The highest BCUT2D eigenvalue weighted by Crippen LogP contribution is 2.32. The van der Waals surface area contributed by atoms with Crippen molar-refractivity contribution in [1.29, 1.82) is 0 Å². The van der Waals surface area contributed by atoms with Gasteiger partial charge in [-0.05, 0) is 62.2 Å². The van der Waals surface area contributed by atoms with E-state index in [-0.39, 0.29) is 11.8 Å². The van der Waals surface area contributed by atoms with Gasteiger partial charge in [-0.3, -0.25) is 9.59 Å². The lowest BCUT2D eigenvalue weighted by molar-refractivity contribution is -0.117. The molecule has 27 heavy (non-hydrogen) atoms. The third-order valence-corrected chi connectivity index (χ3v) is 6.16. The summed E-state index contributed by atoms with van der Waals surface area (Å²) in [5.41, 5.74) is 3.30. The molecule has 0 atom stereocenters. The number of anilines is 2. The van der Waals surface area contributed by atoms with Crippen molar-refractivity contribution >= 4 is 34.5 Å². The number of aryl methyl sites for hydroxylation is 1. The lowest BCUT2D eigenvalue weighted by Gasteiger charge is -2.16. The van der Waals surface area contributed by atoms with Crippen LogP contribution in [0.25, 0.3) is 5.00 Å². The van der Waals surface area contributed by atoms with Gasteiger partial charge in [-0.2, -0.15) is 0 Å². The summed E-state index contributed by atoms with van der Waals surface area (Å²) in [6.07, 6.45) is 5.40. The standard InChI is InChI=1S/C21H21N3O2S/c1-14-15(2)27-21(23-11-3-4-12-23)19(14)20(26)22-16-7-9-17(10-8-16)24-13-5-6-18(24)25/h3-4,7-12H,5-6,13H2,1-2H3,(H,22,26). The summed E-state index contributed by atoms with van der Waals surface area (Å²) in [6, 6.07) is 11.4. The van der Waals surface area contributed by atoms with Gasteiger partial charge in [0.2, 0.25) is 5.91 Å². The summed E-state index contributed by atoms with van der Waals surface area (Å²) < 4.78 is 1.97. The number of rotatable bonds is 4. The second-order valence-corrected chi connectivity index (χ2v) is 7.91. The summed E-state index contributed by atoms with van der Waals surface area (Å²) in [6.45, 7) is 4.78. The number of hydrogen-bond acceptors (Lipinski definition) is 3. The Morgan fingerprint density at radius 1 is 1.11 bits per heavy atom. The molecule has 138 valence electrons. The van der Waals surface area contributed by atoms with Crippen molar-refractivity contribution in [2.45, 2.75) is 26.7 Å². The van der Waals surface area contributed by atoms with E-state index in [2.05, 4.69) is 5.32 Å². The lowest BCUT2D eigenvalue weighted by Crippen LogP contribution is -2.23. The van der Waals surface area contributed by atoms with Crippen LogP contribution in [0, 0.1) is 13.8 Å². The monoisotopic (exact) mass is 379 g/mol. The smallest absolute Gasteiger partial charge is 0.258 e. The van der Waals surface area contributed by atoms with E-state index in [1.165, 1.54) is 0 Å². The van der Waals surface area contributed by atoms with Crippen molar-refractivity contribution < 1.29 is 9.59 Å². The Hall–Kier alpha value is -2.86. The largest absolute Gasteiger partial charge is 0.322 e. The molecule has 2 amide bonds. The average Bonchev–Trinajstić information content (AvgIpc) is 3.38. The van der Waals surface area contributed by atoms with Crippen LogP contribution >= 0.6 is 11.3 Å². The molecule has 1 aliphatic rings. The van der Waals surface area contributed by atoms with E-state index in [1.54, 1.807) is 16.2 Å². The highest BCUT2D eigenvalue weighted by molar-refractivity contribution is 7.15.